The van der Waals surface area contributed by atoms with Crippen molar-refractivity contribution >= 4 is 21.8 Å². The topological polar surface area (TPSA) is 75.0 Å². The maximum absolute atomic E-state index is 6.56. The zero-order chi connectivity index (χ0) is 38.0. The van der Waals surface area contributed by atoms with Gasteiger partial charge in [0.1, 0.15) is 0 Å². The Morgan fingerprint density at radius 2 is 0.831 bits per heavy atom. The standard InChI is InChI=1S/C50H29N5O2.Pd.Pt/c1-3-12-34(13-4-1)36-26-38(46-16-7-9-22-51-46)30-42(28-36)56-40-18-20-44-45-21-19-41(33-49(45)55(48(44)32-40)50-53-24-11-25-54-50)57-43-29-37(35-14-5-2-6-15-35)27-39(31-43)47-17-8-10-23-52-47;;/h1-29H;;/q-4;2*+2. The molecule has 6 aromatic carbocycles. The van der Waals surface area contributed by atoms with Crippen molar-refractivity contribution in [1.82, 2.24) is 24.5 Å². The first-order valence-electron chi connectivity index (χ1n) is 18.4. The fourth-order valence-corrected chi connectivity index (χ4v) is 6.90. The number of fused-ring (bicyclic) bond motifs is 3. The molecule has 0 bridgehead atoms. The average Bonchev–Trinajstić information content (AvgIpc) is 3.60. The van der Waals surface area contributed by atoms with E-state index in [4.69, 9.17) is 9.47 Å². The molecule has 0 spiro atoms. The summed E-state index contributed by atoms with van der Waals surface area (Å²) >= 11 is 0. The van der Waals surface area contributed by atoms with Crippen molar-refractivity contribution in [2.45, 2.75) is 0 Å². The number of ether oxygens (including phenoxy) is 2. The van der Waals surface area contributed by atoms with Crippen LogP contribution in [0.1, 0.15) is 0 Å². The molecule has 10 aromatic rings. The van der Waals surface area contributed by atoms with Gasteiger partial charge in [-0.05, 0) is 40.7 Å². The van der Waals surface area contributed by atoms with Crippen LogP contribution < -0.4 is 9.47 Å². The summed E-state index contributed by atoms with van der Waals surface area (Å²) in [7, 11) is 0. The molecule has 0 aliphatic rings. The summed E-state index contributed by atoms with van der Waals surface area (Å²) in [5.74, 6) is 2.54. The van der Waals surface area contributed by atoms with Crippen LogP contribution in [0.2, 0.25) is 0 Å². The quantitative estimate of drug-likeness (QED) is 0.106. The molecule has 286 valence electrons. The molecule has 59 heavy (non-hydrogen) atoms. The number of pyridine rings is 2. The zero-order valence-electron chi connectivity index (χ0n) is 30.9. The molecule has 9 heteroatoms. The van der Waals surface area contributed by atoms with E-state index >= 15 is 0 Å². The Balaban J connectivity index is 0.00000242. The van der Waals surface area contributed by atoms with Gasteiger partial charge in [-0.2, -0.15) is 22.9 Å². The summed E-state index contributed by atoms with van der Waals surface area (Å²) < 4.78 is 15.0. The van der Waals surface area contributed by atoms with Gasteiger partial charge in [0, 0.05) is 47.8 Å². The number of nitrogens with zero attached hydrogens (tertiary/aromatic N) is 5. The minimum absolute atomic E-state index is 0. The van der Waals surface area contributed by atoms with Crippen molar-refractivity contribution in [3.8, 4) is 73.7 Å². The summed E-state index contributed by atoms with van der Waals surface area (Å²) in [6, 6.07) is 63.7. The van der Waals surface area contributed by atoms with Crippen molar-refractivity contribution in [3.05, 3.63) is 201 Å². The van der Waals surface area contributed by atoms with Crippen LogP contribution in [-0.2, 0) is 41.5 Å². The van der Waals surface area contributed by atoms with Crippen molar-refractivity contribution in [1.29, 1.82) is 0 Å². The number of hydrogen-bond acceptors (Lipinski definition) is 6. The second-order valence-corrected chi connectivity index (χ2v) is 13.2. The van der Waals surface area contributed by atoms with Gasteiger partial charge in [-0.15, -0.1) is 47.5 Å². The van der Waals surface area contributed by atoms with E-state index in [0.29, 0.717) is 28.9 Å². The second-order valence-electron chi connectivity index (χ2n) is 13.2. The van der Waals surface area contributed by atoms with E-state index in [1.807, 2.05) is 114 Å². The maximum Gasteiger partial charge on any atom is 2.00 e. The summed E-state index contributed by atoms with van der Waals surface area (Å²) in [6.45, 7) is 0. The predicted octanol–water partition coefficient (Wildman–Crippen LogP) is 11.8. The third-order valence-corrected chi connectivity index (χ3v) is 9.51. The molecule has 7 nitrogen and oxygen atoms in total. The first-order valence-corrected chi connectivity index (χ1v) is 18.4. The molecule has 4 heterocycles. The van der Waals surface area contributed by atoms with Gasteiger partial charge in [0.2, 0.25) is 5.95 Å². The van der Waals surface area contributed by atoms with E-state index in [1.54, 1.807) is 30.9 Å². The molecule has 0 N–H and O–H groups in total. The van der Waals surface area contributed by atoms with Crippen LogP contribution in [-0.4, -0.2) is 24.5 Å². The van der Waals surface area contributed by atoms with Crippen LogP contribution in [0.5, 0.6) is 23.0 Å². The SMILES string of the molecule is [Pd+2].[Pt+2].[c-]1c(Oc2[c-]c3c(cc2)c2ccc(Oc4[c-]c(-c5ccccn5)cc(-c5ccccc5)c4)[c-]c2n3-c2ncccn2)cc(-c2ccccc2)cc1-c1ccccn1. The molecular weight excluding hydrogens is 1000 g/mol. The molecular formula is C50H29N5O2PdPt. The molecule has 4 aromatic heterocycles. The minimum Gasteiger partial charge on any atom is -0.503 e. The summed E-state index contributed by atoms with van der Waals surface area (Å²) in [5.41, 5.74) is 8.76. The Labute approximate surface area is 369 Å². The van der Waals surface area contributed by atoms with Gasteiger partial charge in [0.15, 0.2) is 0 Å². The molecule has 0 saturated heterocycles. The second kappa shape index (κ2) is 17.5. The zero-order valence-corrected chi connectivity index (χ0v) is 34.8. The van der Waals surface area contributed by atoms with Crippen LogP contribution in [0.4, 0.5) is 0 Å². The normalized spacial score (nSPS) is 10.8. The van der Waals surface area contributed by atoms with Gasteiger partial charge in [0.25, 0.3) is 0 Å². The van der Waals surface area contributed by atoms with E-state index in [-0.39, 0.29) is 41.5 Å². The number of hydrogen-bond donors (Lipinski definition) is 0. The average molecular weight is 1030 g/mol. The molecule has 0 amide bonds. The first kappa shape index (κ1) is 39.3. The molecule has 0 atom stereocenters. The molecule has 0 saturated carbocycles. The van der Waals surface area contributed by atoms with E-state index in [1.165, 1.54) is 0 Å². The van der Waals surface area contributed by atoms with Crippen molar-refractivity contribution in [3.63, 3.8) is 0 Å². The number of rotatable bonds is 9. The minimum atomic E-state index is 0. The maximum atomic E-state index is 6.56. The molecule has 10 rings (SSSR count). The van der Waals surface area contributed by atoms with Gasteiger partial charge < -0.3 is 24.0 Å². The van der Waals surface area contributed by atoms with Gasteiger partial charge in [-0.3, -0.25) is 0 Å². The molecule has 0 radical (unpaired) electrons. The molecule has 0 aliphatic heterocycles. The van der Waals surface area contributed by atoms with Crippen LogP contribution in [0, 0.1) is 24.3 Å². The van der Waals surface area contributed by atoms with Crippen LogP contribution in [0.15, 0.2) is 176 Å². The molecule has 0 unspecified atom stereocenters. The third-order valence-electron chi connectivity index (χ3n) is 9.51. The summed E-state index contributed by atoms with van der Waals surface area (Å²) in [6.07, 6.45) is 6.98. The van der Waals surface area contributed by atoms with E-state index in [2.05, 4.69) is 80.6 Å². The van der Waals surface area contributed by atoms with Crippen LogP contribution >= 0.6 is 0 Å². The molecule has 0 aliphatic carbocycles. The van der Waals surface area contributed by atoms with E-state index in [9.17, 15) is 0 Å². The Kier molecular flexibility index (Phi) is 11.7. The third kappa shape index (κ3) is 8.26. The summed E-state index contributed by atoms with van der Waals surface area (Å²) in [4.78, 5) is 18.4. The Morgan fingerprint density at radius 1 is 0.390 bits per heavy atom. The monoisotopic (exact) mass is 1030 g/mol. The number of aromatic nitrogens is 5. The van der Waals surface area contributed by atoms with E-state index < -0.39 is 0 Å². The van der Waals surface area contributed by atoms with Gasteiger partial charge in [-0.1, -0.05) is 131 Å². The van der Waals surface area contributed by atoms with Gasteiger partial charge >= 0.3 is 41.5 Å². The first-order chi connectivity index (χ1) is 28.2. The predicted molar refractivity (Wildman–Crippen MR) is 222 cm³/mol. The Bertz CT molecular complexity index is 2710. The molecule has 0 fully saturated rings. The van der Waals surface area contributed by atoms with Crippen molar-refractivity contribution in [2.75, 3.05) is 0 Å². The van der Waals surface area contributed by atoms with Gasteiger partial charge in [-0.25, -0.2) is 9.97 Å². The van der Waals surface area contributed by atoms with Crippen molar-refractivity contribution in [2.24, 2.45) is 0 Å². The van der Waals surface area contributed by atoms with Gasteiger partial charge in [0.05, 0.1) is 0 Å². The largest absolute Gasteiger partial charge is 2.00 e. The Hall–Kier alpha value is -6.55. The van der Waals surface area contributed by atoms with Crippen LogP contribution in [0.25, 0.3) is 72.5 Å². The Morgan fingerprint density at radius 3 is 1.27 bits per heavy atom. The number of benzene rings is 6. The van der Waals surface area contributed by atoms with Crippen molar-refractivity contribution < 1.29 is 51.0 Å². The fraction of sp³-hybridized carbons (Fsp3) is 0. The van der Waals surface area contributed by atoms with Crippen LogP contribution in [0.3, 0.4) is 0 Å². The smallest absolute Gasteiger partial charge is 0.503 e. The fourth-order valence-electron chi connectivity index (χ4n) is 6.90. The summed E-state index contributed by atoms with van der Waals surface area (Å²) in [5, 5.41) is 1.86. The van der Waals surface area contributed by atoms with E-state index in [0.717, 1.165) is 66.6 Å².